The van der Waals surface area contributed by atoms with Gasteiger partial charge in [-0.15, -0.1) is 0 Å². The fraction of sp³-hybridized carbons (Fsp3) is 0. The third-order valence-electron chi connectivity index (χ3n) is 4.64. The van der Waals surface area contributed by atoms with Crippen LogP contribution in [0.1, 0.15) is 0 Å². The summed E-state index contributed by atoms with van der Waals surface area (Å²) in [6.45, 7) is 0. The number of hydrogen-bond donors (Lipinski definition) is 1. The number of hydrogen-bond acceptors (Lipinski definition) is 2. The Morgan fingerprint density at radius 2 is 1.33 bits per heavy atom. The number of rotatable bonds is 1. The van der Waals surface area contributed by atoms with Gasteiger partial charge in [-0.05, 0) is 33.7 Å². The molecule has 0 spiro atoms. The summed E-state index contributed by atoms with van der Waals surface area (Å²) in [5, 5.41) is 16.0. The SMILES string of the molecule is Oc1ccc2ccccc2c1-c1coc2ccc3ccccc3c12. The van der Waals surface area contributed by atoms with Gasteiger partial charge in [0.1, 0.15) is 11.3 Å². The maximum absolute atomic E-state index is 10.6. The molecule has 0 saturated carbocycles. The van der Waals surface area contributed by atoms with Crippen LogP contribution >= 0.6 is 0 Å². The van der Waals surface area contributed by atoms with Gasteiger partial charge in [0, 0.05) is 16.5 Å². The lowest BCUT2D eigenvalue weighted by Crippen LogP contribution is -1.83. The lowest BCUT2D eigenvalue weighted by Gasteiger charge is -2.09. The lowest BCUT2D eigenvalue weighted by molar-refractivity contribution is 0.478. The van der Waals surface area contributed by atoms with E-state index in [-0.39, 0.29) is 5.75 Å². The standard InChI is InChI=1S/C22H14O2/c23-19-11-9-14-5-1-3-7-16(14)21(19)18-13-24-20-12-10-15-6-2-4-8-17(15)22(18)20/h1-13,23H. The second kappa shape index (κ2) is 4.87. The van der Waals surface area contributed by atoms with Crippen LogP contribution in [0.25, 0.3) is 43.6 Å². The molecule has 0 bridgehead atoms. The van der Waals surface area contributed by atoms with Gasteiger partial charge in [0.25, 0.3) is 0 Å². The smallest absolute Gasteiger partial charge is 0.135 e. The summed E-state index contributed by atoms with van der Waals surface area (Å²) in [4.78, 5) is 0. The molecule has 0 aliphatic rings. The Morgan fingerprint density at radius 3 is 2.17 bits per heavy atom. The fourth-order valence-corrected chi connectivity index (χ4v) is 3.54. The van der Waals surface area contributed by atoms with Crippen molar-refractivity contribution in [2.75, 3.05) is 0 Å². The monoisotopic (exact) mass is 310 g/mol. The third kappa shape index (κ3) is 1.77. The van der Waals surface area contributed by atoms with E-state index in [1.807, 2.05) is 42.5 Å². The van der Waals surface area contributed by atoms with E-state index in [0.717, 1.165) is 43.6 Å². The topological polar surface area (TPSA) is 33.4 Å². The van der Waals surface area contributed by atoms with E-state index in [0.29, 0.717) is 0 Å². The highest BCUT2D eigenvalue weighted by Crippen LogP contribution is 2.42. The summed E-state index contributed by atoms with van der Waals surface area (Å²) in [7, 11) is 0. The molecule has 0 atom stereocenters. The molecular weight excluding hydrogens is 296 g/mol. The Hall–Kier alpha value is -3.26. The Labute approximate surface area is 138 Å². The van der Waals surface area contributed by atoms with E-state index in [2.05, 4.69) is 24.3 Å². The largest absolute Gasteiger partial charge is 0.507 e. The van der Waals surface area contributed by atoms with Crippen molar-refractivity contribution in [1.29, 1.82) is 0 Å². The minimum Gasteiger partial charge on any atom is -0.507 e. The normalized spacial score (nSPS) is 11.5. The second-order valence-corrected chi connectivity index (χ2v) is 5.99. The van der Waals surface area contributed by atoms with Crippen molar-refractivity contribution in [3.63, 3.8) is 0 Å². The molecule has 5 rings (SSSR count). The number of benzene rings is 4. The van der Waals surface area contributed by atoms with E-state index in [1.54, 1.807) is 12.3 Å². The van der Waals surface area contributed by atoms with Crippen molar-refractivity contribution >= 4 is 32.5 Å². The molecule has 1 aromatic heterocycles. The first-order valence-corrected chi connectivity index (χ1v) is 7.93. The average molecular weight is 310 g/mol. The Morgan fingerprint density at radius 1 is 0.667 bits per heavy atom. The number of phenolic OH excluding ortho intramolecular Hbond substituents is 1. The molecule has 0 unspecified atom stereocenters. The molecule has 114 valence electrons. The van der Waals surface area contributed by atoms with Crippen LogP contribution in [-0.4, -0.2) is 5.11 Å². The maximum atomic E-state index is 10.6. The van der Waals surface area contributed by atoms with Gasteiger partial charge < -0.3 is 9.52 Å². The fourth-order valence-electron chi connectivity index (χ4n) is 3.54. The van der Waals surface area contributed by atoms with Crippen molar-refractivity contribution in [3.8, 4) is 16.9 Å². The molecule has 1 heterocycles. The minimum atomic E-state index is 0.268. The van der Waals surface area contributed by atoms with Gasteiger partial charge >= 0.3 is 0 Å². The van der Waals surface area contributed by atoms with Crippen molar-refractivity contribution in [1.82, 2.24) is 0 Å². The number of furan rings is 1. The molecule has 2 nitrogen and oxygen atoms in total. The molecule has 0 radical (unpaired) electrons. The maximum Gasteiger partial charge on any atom is 0.135 e. The van der Waals surface area contributed by atoms with Gasteiger partial charge in [-0.25, -0.2) is 0 Å². The summed E-state index contributed by atoms with van der Waals surface area (Å²) < 4.78 is 5.80. The zero-order valence-corrected chi connectivity index (χ0v) is 12.9. The Kier molecular flexibility index (Phi) is 2.68. The van der Waals surface area contributed by atoms with Gasteiger partial charge in [0.15, 0.2) is 0 Å². The van der Waals surface area contributed by atoms with Crippen LogP contribution in [0.2, 0.25) is 0 Å². The van der Waals surface area contributed by atoms with Crippen LogP contribution in [0.5, 0.6) is 5.75 Å². The molecule has 4 aromatic carbocycles. The van der Waals surface area contributed by atoms with Crippen LogP contribution in [-0.2, 0) is 0 Å². The first kappa shape index (κ1) is 13.2. The van der Waals surface area contributed by atoms with Crippen molar-refractivity contribution in [2.45, 2.75) is 0 Å². The Bertz CT molecular complexity index is 1210. The van der Waals surface area contributed by atoms with E-state index in [1.165, 1.54) is 0 Å². The molecule has 0 aliphatic carbocycles. The zero-order valence-electron chi connectivity index (χ0n) is 12.9. The highest BCUT2D eigenvalue weighted by Gasteiger charge is 2.16. The molecule has 1 N–H and O–H groups in total. The third-order valence-corrected chi connectivity index (χ3v) is 4.64. The van der Waals surface area contributed by atoms with Gasteiger partial charge in [-0.1, -0.05) is 60.7 Å². The number of fused-ring (bicyclic) bond motifs is 4. The summed E-state index contributed by atoms with van der Waals surface area (Å²) >= 11 is 0. The summed E-state index contributed by atoms with van der Waals surface area (Å²) in [6, 6.07) is 24.1. The van der Waals surface area contributed by atoms with Gasteiger partial charge in [0.05, 0.1) is 6.26 Å². The number of aromatic hydroxyl groups is 1. The van der Waals surface area contributed by atoms with E-state index >= 15 is 0 Å². The summed E-state index contributed by atoms with van der Waals surface area (Å²) in [5.41, 5.74) is 2.58. The first-order valence-electron chi connectivity index (χ1n) is 7.93. The van der Waals surface area contributed by atoms with E-state index in [4.69, 9.17) is 4.42 Å². The van der Waals surface area contributed by atoms with Crippen molar-refractivity contribution < 1.29 is 9.52 Å². The first-order chi connectivity index (χ1) is 11.8. The summed E-state index contributed by atoms with van der Waals surface area (Å²) in [5.74, 6) is 0.268. The van der Waals surface area contributed by atoms with Gasteiger partial charge in [-0.3, -0.25) is 0 Å². The van der Waals surface area contributed by atoms with E-state index < -0.39 is 0 Å². The molecule has 2 heteroatoms. The number of phenols is 1. The molecule has 0 saturated heterocycles. The minimum absolute atomic E-state index is 0.268. The molecule has 0 aliphatic heterocycles. The van der Waals surface area contributed by atoms with Crippen molar-refractivity contribution in [3.05, 3.63) is 79.1 Å². The second-order valence-electron chi connectivity index (χ2n) is 5.99. The molecule has 24 heavy (non-hydrogen) atoms. The van der Waals surface area contributed by atoms with Gasteiger partial charge in [0.2, 0.25) is 0 Å². The van der Waals surface area contributed by atoms with E-state index in [9.17, 15) is 5.11 Å². The van der Waals surface area contributed by atoms with Gasteiger partial charge in [-0.2, -0.15) is 0 Å². The molecule has 5 aromatic rings. The quantitative estimate of drug-likeness (QED) is 0.405. The molecule has 0 amide bonds. The van der Waals surface area contributed by atoms with Crippen LogP contribution in [0.3, 0.4) is 0 Å². The molecular formula is C22H14O2. The predicted molar refractivity (Wildman–Crippen MR) is 98.3 cm³/mol. The molecule has 0 fully saturated rings. The van der Waals surface area contributed by atoms with Crippen molar-refractivity contribution in [2.24, 2.45) is 0 Å². The van der Waals surface area contributed by atoms with Crippen LogP contribution in [0.15, 0.2) is 83.5 Å². The summed E-state index contributed by atoms with van der Waals surface area (Å²) in [6.07, 6.45) is 1.75. The highest BCUT2D eigenvalue weighted by molar-refractivity contribution is 6.16. The van der Waals surface area contributed by atoms with Crippen LogP contribution < -0.4 is 0 Å². The highest BCUT2D eigenvalue weighted by atomic mass is 16.3. The predicted octanol–water partition coefficient (Wildman–Crippen LogP) is 6.11. The van der Waals surface area contributed by atoms with Crippen LogP contribution in [0.4, 0.5) is 0 Å². The van der Waals surface area contributed by atoms with Crippen LogP contribution in [0, 0.1) is 0 Å². The Balaban J connectivity index is 1.98. The average Bonchev–Trinajstić information content (AvgIpc) is 3.06. The lowest BCUT2D eigenvalue weighted by atomic mass is 9.94. The zero-order chi connectivity index (χ0) is 16.1.